The second-order valence-corrected chi connectivity index (χ2v) is 27.5. The molecule has 222 valence electrons. The van der Waals surface area contributed by atoms with E-state index in [4.69, 9.17) is 0 Å². The van der Waals surface area contributed by atoms with Crippen molar-refractivity contribution in [3.63, 3.8) is 0 Å². The van der Waals surface area contributed by atoms with Crippen LogP contribution in [0.1, 0.15) is 133 Å². The molecule has 0 nitrogen and oxygen atoms in total. The quantitative estimate of drug-likeness (QED) is 0.166. The first-order chi connectivity index (χ1) is 17.5. The lowest BCUT2D eigenvalue weighted by molar-refractivity contribution is 0.973. The second-order valence-electron chi connectivity index (χ2n) is 13.8. The third-order valence-electron chi connectivity index (χ3n) is 8.24. The monoisotopic (exact) mass is 598 g/mol. The van der Waals surface area contributed by atoms with Crippen LogP contribution in [0, 0.1) is 0 Å². The minimum Gasteiger partial charge on any atom is -0.0969 e. The summed E-state index contributed by atoms with van der Waals surface area (Å²) in [6, 6.07) is 5.57. The van der Waals surface area contributed by atoms with E-state index < -0.39 is 0 Å². The molecular weight excluding hydrogens is 532 g/mol. The summed E-state index contributed by atoms with van der Waals surface area (Å²) < 4.78 is 0. The van der Waals surface area contributed by atoms with Crippen molar-refractivity contribution in [3.8, 4) is 0 Å². The lowest BCUT2D eigenvalue weighted by Gasteiger charge is -2.33. The highest BCUT2D eigenvalue weighted by molar-refractivity contribution is 7.59. The maximum atomic E-state index is 2.78. The first kappa shape index (κ1) is 37.0. The number of benzene rings is 1. The van der Waals surface area contributed by atoms with E-state index in [-0.39, 0.29) is 31.7 Å². The molecule has 0 atom stereocenters. The SMILES string of the molecule is CC(C)P(Cc1cc(CP(C(C)C)C(C)C)c(CP(C(C)C)C(C)C)cc1CP(C(C)C)C(C)C)C(C)C. The minimum absolute atomic E-state index is 0.0148. The summed E-state index contributed by atoms with van der Waals surface area (Å²) in [5.74, 6) is 0. The van der Waals surface area contributed by atoms with Crippen molar-refractivity contribution in [2.24, 2.45) is 0 Å². The summed E-state index contributed by atoms with van der Waals surface area (Å²) in [4.78, 5) is 0. The Hall–Kier alpha value is 0.940. The van der Waals surface area contributed by atoms with Gasteiger partial charge in [0.15, 0.2) is 0 Å². The third kappa shape index (κ3) is 11.3. The zero-order valence-electron chi connectivity index (χ0n) is 28.4. The average molecular weight is 599 g/mol. The van der Waals surface area contributed by atoms with Gasteiger partial charge in [0.05, 0.1) is 0 Å². The van der Waals surface area contributed by atoms with E-state index in [0.29, 0.717) is 0 Å². The molecule has 1 aromatic rings. The first-order valence-electron chi connectivity index (χ1n) is 15.6. The molecule has 0 radical (unpaired) electrons. The van der Waals surface area contributed by atoms with Crippen LogP contribution in [0.5, 0.6) is 0 Å². The molecule has 1 aromatic carbocycles. The summed E-state index contributed by atoms with van der Waals surface area (Å²) in [5, 5.41) is 0. The van der Waals surface area contributed by atoms with Gasteiger partial charge in [0.25, 0.3) is 0 Å². The van der Waals surface area contributed by atoms with Crippen molar-refractivity contribution in [1.82, 2.24) is 0 Å². The predicted molar refractivity (Wildman–Crippen MR) is 190 cm³/mol. The maximum absolute atomic E-state index is 2.78. The van der Waals surface area contributed by atoms with Gasteiger partial charge in [0, 0.05) is 0 Å². The molecule has 4 heteroatoms. The van der Waals surface area contributed by atoms with Crippen LogP contribution in [0.15, 0.2) is 12.1 Å². The van der Waals surface area contributed by atoms with Gasteiger partial charge in [0.2, 0.25) is 0 Å². The van der Waals surface area contributed by atoms with Crippen molar-refractivity contribution >= 4 is 31.7 Å². The summed E-state index contributed by atoms with van der Waals surface area (Å²) in [5.41, 5.74) is 13.2. The van der Waals surface area contributed by atoms with Crippen molar-refractivity contribution < 1.29 is 0 Å². The molecule has 0 saturated carbocycles. The van der Waals surface area contributed by atoms with Crippen molar-refractivity contribution in [1.29, 1.82) is 0 Å². The van der Waals surface area contributed by atoms with Crippen LogP contribution < -0.4 is 0 Å². The first-order valence-corrected chi connectivity index (χ1v) is 22.3. The van der Waals surface area contributed by atoms with E-state index in [2.05, 4.69) is 123 Å². The van der Waals surface area contributed by atoms with Crippen molar-refractivity contribution in [2.75, 3.05) is 0 Å². The van der Waals surface area contributed by atoms with Crippen molar-refractivity contribution in [3.05, 3.63) is 34.4 Å². The minimum atomic E-state index is -0.0148. The molecule has 0 aliphatic rings. The van der Waals surface area contributed by atoms with E-state index in [9.17, 15) is 0 Å². The van der Waals surface area contributed by atoms with E-state index in [0.717, 1.165) is 45.3 Å². The van der Waals surface area contributed by atoms with Gasteiger partial charge in [-0.2, -0.15) is 0 Å². The highest BCUT2D eigenvalue weighted by Gasteiger charge is 2.27. The van der Waals surface area contributed by atoms with E-state index in [1.807, 2.05) is 0 Å². The molecule has 0 bridgehead atoms. The Morgan fingerprint density at radius 1 is 0.316 bits per heavy atom. The molecule has 38 heavy (non-hydrogen) atoms. The fourth-order valence-corrected chi connectivity index (χ4v) is 16.5. The molecule has 0 aliphatic heterocycles. The normalized spacial score (nSPS) is 13.4. The fourth-order valence-electron chi connectivity index (χ4n) is 6.01. The molecule has 0 saturated heterocycles. The molecule has 0 spiro atoms. The summed E-state index contributed by atoms with van der Waals surface area (Å²) in [7, 11) is -0.0592. The molecular formula is C34H66P4. The number of rotatable bonds is 16. The average Bonchev–Trinajstić information content (AvgIpc) is 2.76. The molecule has 0 fully saturated rings. The molecule has 1 rings (SSSR count). The topological polar surface area (TPSA) is 0 Å². The van der Waals surface area contributed by atoms with Gasteiger partial charge in [-0.15, -0.1) is 0 Å². The Kier molecular flexibility index (Phi) is 16.7. The van der Waals surface area contributed by atoms with Gasteiger partial charge >= 0.3 is 0 Å². The number of hydrogen-bond acceptors (Lipinski definition) is 0. The third-order valence-corrected chi connectivity index (χ3v) is 21.7. The van der Waals surface area contributed by atoms with Gasteiger partial charge in [-0.25, -0.2) is 0 Å². The van der Waals surface area contributed by atoms with Crippen LogP contribution in [-0.4, -0.2) is 45.3 Å². The Balaban J connectivity index is 3.85. The van der Waals surface area contributed by atoms with Gasteiger partial charge < -0.3 is 0 Å². The van der Waals surface area contributed by atoms with E-state index >= 15 is 0 Å². The molecule has 0 heterocycles. The van der Waals surface area contributed by atoms with E-state index in [1.54, 1.807) is 22.3 Å². The van der Waals surface area contributed by atoms with Crippen LogP contribution in [0.3, 0.4) is 0 Å². The van der Waals surface area contributed by atoms with Gasteiger partial charge in [-0.05, 0) is 92.2 Å². The van der Waals surface area contributed by atoms with Crippen LogP contribution in [0.2, 0.25) is 0 Å². The Bertz CT molecular complexity index is 645. The Morgan fingerprint density at radius 2 is 0.447 bits per heavy atom. The van der Waals surface area contributed by atoms with Gasteiger partial charge in [-0.3, -0.25) is 0 Å². The number of hydrogen-bond donors (Lipinski definition) is 0. The highest BCUT2D eigenvalue weighted by Crippen LogP contribution is 2.56. The Morgan fingerprint density at radius 3 is 0.553 bits per heavy atom. The lowest BCUT2D eigenvalue weighted by atomic mass is 10.0. The van der Waals surface area contributed by atoms with Gasteiger partial charge in [0.1, 0.15) is 0 Å². The predicted octanol–water partition coefficient (Wildman–Crippen LogP) is 12.9. The molecule has 0 amide bonds. The second kappa shape index (κ2) is 17.2. The largest absolute Gasteiger partial charge is 0.0969 e. The van der Waals surface area contributed by atoms with E-state index in [1.165, 1.54) is 24.6 Å². The standard InChI is InChI=1S/C34H66P4/c1-23(2)35(24(3)4)19-31-17-33(21-37(27(9)10)28(11)12)34(22-38(29(13)14)30(15)16)18-32(31)20-36(25(5)6)26(7)8/h17-18,23-30H,19-22H2,1-16H3. The molecule has 0 aliphatic carbocycles. The fraction of sp³-hybridized carbons (Fsp3) is 0.824. The highest BCUT2D eigenvalue weighted by atomic mass is 31.1. The summed E-state index contributed by atoms with van der Waals surface area (Å²) >= 11 is 0. The van der Waals surface area contributed by atoms with Crippen LogP contribution in [-0.2, 0) is 24.6 Å². The molecule has 0 unspecified atom stereocenters. The molecule has 0 aromatic heterocycles. The smallest absolute Gasteiger partial charge is 0.00655 e. The Labute approximate surface area is 246 Å². The van der Waals surface area contributed by atoms with Crippen LogP contribution in [0.4, 0.5) is 0 Å². The zero-order chi connectivity index (χ0) is 29.5. The van der Waals surface area contributed by atoms with Crippen molar-refractivity contribution in [2.45, 2.75) is 181 Å². The van der Waals surface area contributed by atoms with Crippen LogP contribution in [0.25, 0.3) is 0 Å². The maximum Gasteiger partial charge on any atom is -0.00655 e. The zero-order valence-corrected chi connectivity index (χ0v) is 32.0. The molecule has 0 N–H and O–H groups in total. The summed E-state index contributed by atoms with van der Waals surface area (Å²) in [6.07, 6.45) is 5.27. The summed E-state index contributed by atoms with van der Waals surface area (Å²) in [6.45, 7) is 39.6. The van der Waals surface area contributed by atoms with Crippen LogP contribution >= 0.6 is 31.7 Å². The van der Waals surface area contributed by atoms with Gasteiger partial charge in [-0.1, -0.05) is 155 Å². The lowest BCUT2D eigenvalue weighted by Crippen LogP contribution is -2.13.